The topological polar surface area (TPSA) is 53.9 Å². The molecule has 0 saturated carbocycles. The number of oxime groups is 1. The molecule has 0 radical (unpaired) electrons. The largest absolute Gasteiger partial charge is 0.435 e. The first-order valence-corrected chi connectivity index (χ1v) is 9.22. The number of alkyl halides is 3. The molecule has 2 aromatic rings. The molecule has 0 fully saturated rings. The maximum atomic E-state index is 14.1. The molecule has 1 heterocycles. The zero-order valence-corrected chi connectivity index (χ0v) is 17.0. The van der Waals surface area contributed by atoms with Crippen LogP contribution in [0.15, 0.2) is 41.6 Å². The normalized spacial score (nSPS) is 18.8. The third-order valence-corrected chi connectivity index (χ3v) is 5.16. The van der Waals surface area contributed by atoms with E-state index in [4.69, 9.17) is 39.6 Å². The summed E-state index contributed by atoms with van der Waals surface area (Å²) in [5.74, 6) is 0. The number of anilines is 1. The summed E-state index contributed by atoms with van der Waals surface area (Å²) < 4.78 is 42.2. The molecule has 11 heteroatoms. The van der Waals surface area contributed by atoms with Crippen molar-refractivity contribution in [2.75, 3.05) is 12.1 Å². The van der Waals surface area contributed by atoms with Gasteiger partial charge in [0.05, 0.1) is 16.4 Å². The number of hydrogen-bond donors (Lipinski definition) is 1. The van der Waals surface area contributed by atoms with E-state index in [-0.39, 0.29) is 26.3 Å². The summed E-state index contributed by atoms with van der Waals surface area (Å²) in [6, 6.07) is 8.12. The van der Waals surface area contributed by atoms with E-state index in [2.05, 4.69) is 10.6 Å². The summed E-state index contributed by atoms with van der Waals surface area (Å²) in [7, 11) is 1.53. The standard InChI is InChI=1S/C18H13Cl3F3N3O2/c1-27(25-9-28)16-4-10(2-3-14(16)21)15-8-17(29-26-15,18(22,23)24)11-5-12(19)7-13(20)6-11/h2-7,9H,8H2,1H3,(H,25,28). The van der Waals surface area contributed by atoms with Crippen LogP contribution in [0.25, 0.3) is 0 Å². The van der Waals surface area contributed by atoms with E-state index in [1.165, 1.54) is 36.3 Å². The van der Waals surface area contributed by atoms with Crippen molar-refractivity contribution in [1.82, 2.24) is 5.43 Å². The van der Waals surface area contributed by atoms with Gasteiger partial charge in [0.1, 0.15) is 0 Å². The Morgan fingerprint density at radius 2 is 1.83 bits per heavy atom. The molecule has 0 aromatic heterocycles. The van der Waals surface area contributed by atoms with Crippen LogP contribution < -0.4 is 10.4 Å². The lowest BCUT2D eigenvalue weighted by molar-refractivity contribution is -0.275. The van der Waals surface area contributed by atoms with Gasteiger partial charge in [-0.1, -0.05) is 46.0 Å². The number of nitrogens with one attached hydrogen (secondary N) is 1. The van der Waals surface area contributed by atoms with Gasteiger partial charge in [-0.3, -0.25) is 15.2 Å². The van der Waals surface area contributed by atoms with E-state index in [0.717, 1.165) is 12.1 Å². The van der Waals surface area contributed by atoms with Gasteiger partial charge in [-0.05, 0) is 30.3 Å². The lowest BCUT2D eigenvalue weighted by atomic mass is 9.86. The third kappa shape index (κ3) is 4.10. The molecule has 0 spiro atoms. The predicted molar refractivity (Wildman–Crippen MR) is 105 cm³/mol. The molecule has 0 aliphatic carbocycles. The molecule has 0 saturated heterocycles. The van der Waals surface area contributed by atoms with Crippen molar-refractivity contribution in [2.45, 2.75) is 18.2 Å². The Kier molecular flexibility index (Phi) is 5.89. The van der Waals surface area contributed by atoms with Crippen LogP contribution in [0.5, 0.6) is 0 Å². The van der Waals surface area contributed by atoms with Gasteiger partial charge in [-0.25, -0.2) is 0 Å². The molecule has 1 amide bonds. The summed E-state index contributed by atoms with van der Waals surface area (Å²) in [6.45, 7) is 0. The van der Waals surface area contributed by atoms with Gasteiger partial charge in [-0.15, -0.1) is 0 Å². The van der Waals surface area contributed by atoms with Crippen LogP contribution in [0.3, 0.4) is 0 Å². The lowest BCUT2D eigenvalue weighted by Gasteiger charge is -2.29. The van der Waals surface area contributed by atoms with Gasteiger partial charge >= 0.3 is 6.18 Å². The number of amides is 1. The van der Waals surface area contributed by atoms with Crippen molar-refractivity contribution in [3.05, 3.63) is 62.6 Å². The van der Waals surface area contributed by atoms with Gasteiger partial charge in [-0.2, -0.15) is 13.2 Å². The predicted octanol–water partition coefficient (Wildman–Crippen LogP) is 5.33. The molecule has 1 N–H and O–H groups in total. The summed E-state index contributed by atoms with van der Waals surface area (Å²) in [5, 5.41) is 5.39. The molecule has 154 valence electrons. The Morgan fingerprint density at radius 1 is 1.17 bits per heavy atom. The van der Waals surface area contributed by atoms with E-state index in [1.54, 1.807) is 0 Å². The molecule has 3 rings (SSSR count). The Morgan fingerprint density at radius 3 is 2.41 bits per heavy atom. The molecule has 29 heavy (non-hydrogen) atoms. The van der Waals surface area contributed by atoms with Crippen LogP contribution in [-0.4, -0.2) is 25.3 Å². The number of halogens is 6. The number of carbonyl (C=O) groups excluding carboxylic acids is 1. The number of hydrazine groups is 1. The summed E-state index contributed by atoms with van der Waals surface area (Å²) in [5.41, 5.74) is 0.172. The average Bonchev–Trinajstić information content (AvgIpc) is 3.08. The number of benzene rings is 2. The fraction of sp³-hybridized carbons (Fsp3) is 0.222. The molecule has 2 aromatic carbocycles. The monoisotopic (exact) mass is 465 g/mol. The minimum atomic E-state index is -4.79. The van der Waals surface area contributed by atoms with Crippen molar-refractivity contribution in [3.8, 4) is 0 Å². The number of carbonyl (C=O) groups is 1. The van der Waals surface area contributed by atoms with Crippen molar-refractivity contribution in [1.29, 1.82) is 0 Å². The van der Waals surface area contributed by atoms with Crippen molar-refractivity contribution < 1.29 is 22.8 Å². The first-order chi connectivity index (χ1) is 13.6. The van der Waals surface area contributed by atoms with E-state index in [1.807, 2.05) is 0 Å². The van der Waals surface area contributed by atoms with Crippen LogP contribution in [0.1, 0.15) is 17.5 Å². The first-order valence-electron chi connectivity index (χ1n) is 8.09. The van der Waals surface area contributed by atoms with Crippen molar-refractivity contribution >= 4 is 52.6 Å². The Labute approximate surface area is 178 Å². The fourth-order valence-corrected chi connectivity index (χ4v) is 3.71. The highest BCUT2D eigenvalue weighted by Gasteiger charge is 2.62. The van der Waals surface area contributed by atoms with E-state index in [0.29, 0.717) is 17.7 Å². The summed E-state index contributed by atoms with van der Waals surface area (Å²) >= 11 is 17.9. The average molecular weight is 467 g/mol. The highest BCUT2D eigenvalue weighted by atomic mass is 35.5. The first kappa shape index (κ1) is 21.5. The highest BCUT2D eigenvalue weighted by Crippen LogP contribution is 2.49. The number of hydrogen-bond acceptors (Lipinski definition) is 4. The Hall–Kier alpha value is -2.16. The quantitative estimate of drug-likeness (QED) is 0.479. The Bertz CT molecular complexity index is 964. The minimum Gasteiger partial charge on any atom is -0.374 e. The number of rotatable bonds is 5. The second-order valence-corrected chi connectivity index (χ2v) is 7.54. The van der Waals surface area contributed by atoms with Crippen LogP contribution in [0.2, 0.25) is 15.1 Å². The summed E-state index contributed by atoms with van der Waals surface area (Å²) in [4.78, 5) is 15.6. The van der Waals surface area contributed by atoms with E-state index < -0.39 is 18.2 Å². The second kappa shape index (κ2) is 7.93. The maximum absolute atomic E-state index is 14.1. The zero-order chi connectivity index (χ0) is 21.4. The van der Waals surface area contributed by atoms with Gasteiger partial charge in [0, 0.05) is 34.6 Å². The molecule has 1 unspecified atom stereocenters. The highest BCUT2D eigenvalue weighted by molar-refractivity contribution is 6.34. The molecular weight excluding hydrogens is 454 g/mol. The van der Waals surface area contributed by atoms with Crippen LogP contribution in [0, 0.1) is 0 Å². The van der Waals surface area contributed by atoms with Gasteiger partial charge in [0.15, 0.2) is 0 Å². The third-order valence-electron chi connectivity index (χ3n) is 4.40. The molecule has 1 atom stereocenters. The fourth-order valence-electron chi connectivity index (χ4n) is 2.94. The molecular formula is C18H13Cl3F3N3O2. The van der Waals surface area contributed by atoms with Crippen LogP contribution in [-0.2, 0) is 15.2 Å². The van der Waals surface area contributed by atoms with E-state index >= 15 is 0 Å². The summed E-state index contributed by atoms with van der Waals surface area (Å²) in [6.07, 6.45) is -4.95. The van der Waals surface area contributed by atoms with E-state index in [9.17, 15) is 18.0 Å². The van der Waals surface area contributed by atoms with Crippen LogP contribution in [0.4, 0.5) is 18.9 Å². The molecule has 1 aliphatic rings. The SMILES string of the molecule is CN(NC=O)c1cc(C2=NOC(c3cc(Cl)cc(Cl)c3)(C(F)(F)F)C2)ccc1Cl. The van der Waals surface area contributed by atoms with Gasteiger partial charge in [0.2, 0.25) is 6.41 Å². The van der Waals surface area contributed by atoms with Crippen LogP contribution >= 0.6 is 34.8 Å². The minimum absolute atomic E-state index is 0.0449. The molecule has 0 bridgehead atoms. The maximum Gasteiger partial charge on any atom is 0.435 e. The van der Waals surface area contributed by atoms with Gasteiger partial charge in [0.25, 0.3) is 5.60 Å². The molecule has 5 nitrogen and oxygen atoms in total. The van der Waals surface area contributed by atoms with Crippen molar-refractivity contribution in [2.24, 2.45) is 5.16 Å². The lowest BCUT2D eigenvalue weighted by Crippen LogP contribution is -2.42. The second-order valence-electron chi connectivity index (χ2n) is 6.26. The number of nitrogens with zero attached hydrogens (tertiary/aromatic N) is 2. The zero-order valence-electron chi connectivity index (χ0n) is 14.7. The smallest absolute Gasteiger partial charge is 0.374 e. The van der Waals surface area contributed by atoms with Crippen molar-refractivity contribution in [3.63, 3.8) is 0 Å². The molecule has 1 aliphatic heterocycles. The Balaban J connectivity index is 2.01. The van der Waals surface area contributed by atoms with Gasteiger partial charge < -0.3 is 4.84 Å².